The van der Waals surface area contributed by atoms with Crippen LogP contribution < -0.4 is 20.1 Å². The third-order valence-electron chi connectivity index (χ3n) is 5.96. The van der Waals surface area contributed by atoms with Crippen LogP contribution in [-0.2, 0) is 0 Å². The van der Waals surface area contributed by atoms with E-state index in [-0.39, 0.29) is 23.7 Å². The smallest absolute Gasteiger partial charge is 0.256 e. The van der Waals surface area contributed by atoms with Crippen molar-refractivity contribution >= 4 is 17.1 Å². The maximum atomic E-state index is 16.3. The molecule has 11 nitrogen and oxygen atoms in total. The fourth-order valence-electron chi connectivity index (χ4n) is 3.90. The molecule has 4 rings (SSSR count). The van der Waals surface area contributed by atoms with Crippen LogP contribution in [-0.4, -0.2) is 63.1 Å². The number of pyridine rings is 2. The number of carbonyl (C=O) groups excluding carboxylic acids is 1. The molecule has 12 heteroatoms. The molecular formula is C26H26FN7O4. The first-order valence-electron chi connectivity index (χ1n) is 11.5. The van der Waals surface area contributed by atoms with E-state index in [4.69, 9.17) is 9.47 Å². The monoisotopic (exact) mass is 519 g/mol. The maximum Gasteiger partial charge on any atom is 0.256 e. The van der Waals surface area contributed by atoms with Crippen molar-refractivity contribution in [1.82, 2.24) is 24.9 Å². The molecule has 0 saturated heterocycles. The van der Waals surface area contributed by atoms with E-state index in [1.165, 1.54) is 50.4 Å². The molecule has 0 aliphatic rings. The number of nitriles is 1. The average molecular weight is 520 g/mol. The quantitative estimate of drug-likeness (QED) is 0.288. The fraction of sp³-hybridized carbons (Fsp3) is 0.269. The molecule has 4 heterocycles. The van der Waals surface area contributed by atoms with E-state index in [1.54, 1.807) is 36.4 Å². The zero-order chi connectivity index (χ0) is 27.3. The predicted molar refractivity (Wildman–Crippen MR) is 136 cm³/mol. The van der Waals surface area contributed by atoms with Crippen LogP contribution in [0, 0.1) is 11.3 Å². The van der Waals surface area contributed by atoms with Gasteiger partial charge in [-0.05, 0) is 37.3 Å². The molecule has 0 radical (unpaired) electrons. The van der Waals surface area contributed by atoms with Crippen molar-refractivity contribution in [2.75, 3.05) is 26.1 Å². The Morgan fingerprint density at radius 2 is 2.05 bits per heavy atom. The molecule has 0 bridgehead atoms. The van der Waals surface area contributed by atoms with Gasteiger partial charge in [0.2, 0.25) is 0 Å². The van der Waals surface area contributed by atoms with Gasteiger partial charge < -0.3 is 25.2 Å². The van der Waals surface area contributed by atoms with E-state index in [9.17, 15) is 15.2 Å². The van der Waals surface area contributed by atoms with Gasteiger partial charge in [-0.25, -0.2) is 13.9 Å². The number of aromatic nitrogens is 4. The summed E-state index contributed by atoms with van der Waals surface area (Å²) in [4.78, 5) is 21.1. The fourth-order valence-corrected chi connectivity index (χ4v) is 3.90. The Morgan fingerprint density at radius 1 is 1.24 bits per heavy atom. The second kappa shape index (κ2) is 11.1. The molecule has 4 aromatic heterocycles. The summed E-state index contributed by atoms with van der Waals surface area (Å²) >= 11 is 0. The lowest BCUT2D eigenvalue weighted by molar-refractivity contribution is -0.0253. The highest BCUT2D eigenvalue weighted by molar-refractivity contribution is 5.94. The van der Waals surface area contributed by atoms with Gasteiger partial charge in [-0.2, -0.15) is 10.4 Å². The number of anilines is 1. The number of nitrogens with zero attached hydrogens (tertiary/aromatic N) is 5. The lowest BCUT2D eigenvalue weighted by Crippen LogP contribution is -2.50. The molecule has 0 saturated carbocycles. The number of methoxy groups -OCH3 is 2. The first-order valence-corrected chi connectivity index (χ1v) is 11.5. The Morgan fingerprint density at radius 3 is 2.74 bits per heavy atom. The Labute approximate surface area is 217 Å². The molecule has 3 N–H and O–H groups in total. The number of rotatable bonds is 10. The van der Waals surface area contributed by atoms with Crippen molar-refractivity contribution < 1.29 is 23.8 Å². The molecule has 0 aromatic carbocycles. The Hall–Kier alpha value is -4.76. The molecule has 0 aliphatic carbocycles. The van der Waals surface area contributed by atoms with E-state index >= 15 is 4.39 Å². The summed E-state index contributed by atoms with van der Waals surface area (Å²) in [5, 5.41) is 30.3. The van der Waals surface area contributed by atoms with Crippen molar-refractivity contribution in [1.29, 1.82) is 5.26 Å². The van der Waals surface area contributed by atoms with Crippen molar-refractivity contribution in [3.8, 4) is 17.7 Å². The van der Waals surface area contributed by atoms with Crippen LogP contribution >= 0.6 is 0 Å². The van der Waals surface area contributed by atoms with Crippen molar-refractivity contribution in [3.63, 3.8) is 0 Å². The molecule has 1 amide bonds. The number of aliphatic hydroxyl groups is 1. The molecule has 3 atom stereocenters. The zero-order valence-corrected chi connectivity index (χ0v) is 20.9. The summed E-state index contributed by atoms with van der Waals surface area (Å²) in [5.41, 5.74) is -0.154. The Kier molecular flexibility index (Phi) is 7.68. The van der Waals surface area contributed by atoms with Crippen LogP contribution in [0.15, 0.2) is 61.2 Å². The standard InChI is InChI=1S/C26H26FN7O4/c1-26(36,15-31-18-10-21(37-2)25(38-3)30-14-18)23(27)22(33-24(35)17-5-4-8-29-13-17)20-7-6-19-9-16(11-28)12-32-34(19)20/h4-10,12-14,22-23,31,36H,15H2,1-3H3,(H,33,35)/t22-,23-,26-/m1/s1. The third-order valence-corrected chi connectivity index (χ3v) is 5.96. The second-order valence-electron chi connectivity index (χ2n) is 8.69. The molecule has 0 unspecified atom stereocenters. The highest BCUT2D eigenvalue weighted by atomic mass is 19.1. The summed E-state index contributed by atoms with van der Waals surface area (Å²) in [6.07, 6.45) is 3.68. The Bertz CT molecular complexity index is 1470. The van der Waals surface area contributed by atoms with E-state index in [0.717, 1.165) is 0 Å². The lowest BCUT2D eigenvalue weighted by Gasteiger charge is -2.33. The van der Waals surface area contributed by atoms with E-state index in [1.807, 2.05) is 6.07 Å². The zero-order valence-electron chi connectivity index (χ0n) is 20.9. The summed E-state index contributed by atoms with van der Waals surface area (Å²) in [7, 11) is 2.92. The van der Waals surface area contributed by atoms with Gasteiger partial charge in [-0.3, -0.25) is 9.78 Å². The largest absolute Gasteiger partial charge is 0.491 e. The molecule has 0 fully saturated rings. The van der Waals surface area contributed by atoms with Crippen LogP contribution in [0.25, 0.3) is 5.52 Å². The number of alkyl halides is 1. The van der Waals surface area contributed by atoms with Crippen LogP contribution in [0.4, 0.5) is 10.1 Å². The number of fused-ring (bicyclic) bond motifs is 1. The highest BCUT2D eigenvalue weighted by Gasteiger charge is 2.41. The van der Waals surface area contributed by atoms with Gasteiger partial charge in [0.05, 0.1) is 54.6 Å². The summed E-state index contributed by atoms with van der Waals surface area (Å²) < 4.78 is 28.0. The number of halogens is 1. The normalized spacial score (nSPS) is 14.1. The number of amides is 1. The van der Waals surface area contributed by atoms with Crippen LogP contribution in [0.5, 0.6) is 11.6 Å². The Balaban J connectivity index is 1.64. The summed E-state index contributed by atoms with van der Waals surface area (Å²) in [6, 6.07) is 10.3. The summed E-state index contributed by atoms with van der Waals surface area (Å²) in [5.74, 6) is 0.0544. The van der Waals surface area contributed by atoms with E-state index in [2.05, 4.69) is 25.7 Å². The second-order valence-corrected chi connectivity index (χ2v) is 8.69. The SMILES string of the molecule is COc1cc(NC[C@@](C)(O)[C@H](F)[C@H](NC(=O)c2cccnc2)c2ccc3cc(C#N)cnn23)cnc1OC. The van der Waals surface area contributed by atoms with Crippen LogP contribution in [0.3, 0.4) is 0 Å². The average Bonchev–Trinajstić information content (AvgIpc) is 3.37. The van der Waals surface area contributed by atoms with Gasteiger partial charge in [0, 0.05) is 25.0 Å². The lowest BCUT2D eigenvalue weighted by atomic mass is 9.92. The molecule has 0 aliphatic heterocycles. The van der Waals surface area contributed by atoms with Crippen molar-refractivity contribution in [2.24, 2.45) is 0 Å². The maximum absolute atomic E-state index is 16.3. The molecule has 4 aromatic rings. The molecule has 0 spiro atoms. The van der Waals surface area contributed by atoms with Gasteiger partial charge in [-0.1, -0.05) is 0 Å². The van der Waals surface area contributed by atoms with E-state index in [0.29, 0.717) is 22.5 Å². The van der Waals surface area contributed by atoms with Gasteiger partial charge in [0.1, 0.15) is 17.7 Å². The first-order chi connectivity index (χ1) is 18.3. The van der Waals surface area contributed by atoms with E-state index < -0.39 is 23.7 Å². The molecule has 196 valence electrons. The number of nitrogens with one attached hydrogen (secondary N) is 2. The minimum Gasteiger partial charge on any atom is -0.491 e. The molecule has 38 heavy (non-hydrogen) atoms. The summed E-state index contributed by atoms with van der Waals surface area (Å²) in [6.45, 7) is 1.08. The van der Waals surface area contributed by atoms with Gasteiger partial charge in [0.25, 0.3) is 11.8 Å². The van der Waals surface area contributed by atoms with Crippen LogP contribution in [0.1, 0.15) is 34.6 Å². The topological polar surface area (TPSA) is 147 Å². The van der Waals surface area contributed by atoms with Gasteiger partial charge in [-0.15, -0.1) is 0 Å². The van der Waals surface area contributed by atoms with Crippen molar-refractivity contribution in [3.05, 3.63) is 78.0 Å². The number of hydrogen-bond acceptors (Lipinski definition) is 9. The van der Waals surface area contributed by atoms with Gasteiger partial charge in [0.15, 0.2) is 11.9 Å². The molecular weight excluding hydrogens is 493 g/mol. The predicted octanol–water partition coefficient (Wildman–Crippen LogP) is 2.69. The minimum absolute atomic E-state index is 0.222. The third kappa shape index (κ3) is 5.47. The first kappa shape index (κ1) is 26.3. The minimum atomic E-state index is -2.00. The van der Waals surface area contributed by atoms with Gasteiger partial charge >= 0.3 is 0 Å². The number of carbonyl (C=O) groups is 1. The van der Waals surface area contributed by atoms with Crippen LogP contribution in [0.2, 0.25) is 0 Å². The number of hydrogen-bond donors (Lipinski definition) is 3. The number of ether oxygens (including phenoxy) is 2. The highest BCUT2D eigenvalue weighted by Crippen LogP contribution is 2.31. The van der Waals surface area contributed by atoms with Crippen molar-refractivity contribution in [2.45, 2.75) is 24.7 Å².